The van der Waals surface area contributed by atoms with Gasteiger partial charge in [-0.1, -0.05) is 20.8 Å². The van der Waals surface area contributed by atoms with E-state index < -0.39 is 6.03 Å². The predicted octanol–water partition coefficient (Wildman–Crippen LogP) is 1.95. The molecule has 1 fully saturated rings. The molecule has 4 nitrogen and oxygen atoms in total. The Morgan fingerprint density at radius 1 is 1.67 bits per heavy atom. The summed E-state index contributed by atoms with van der Waals surface area (Å²) in [6, 6.07) is -0.589. The Balaban J connectivity index is 2.69. The molecule has 0 aromatic carbocycles. The number of urea groups is 1. The van der Waals surface area contributed by atoms with Crippen LogP contribution in [0, 0.1) is 5.92 Å². The standard InChI is InChI=1S/C10H19N3OS/c1-4-9-7(3)8(5-6(2)15-9)12-13-10(11)14/h6-7,9H,4-5H2,1-3H3,(H3,11,13,14)/b12-8-/t6-,7+,9+/m0/s1. The summed E-state index contributed by atoms with van der Waals surface area (Å²) < 4.78 is 0. The molecule has 2 amide bonds. The first-order valence-electron chi connectivity index (χ1n) is 5.32. The van der Waals surface area contributed by atoms with Crippen LogP contribution in [0.5, 0.6) is 0 Å². The summed E-state index contributed by atoms with van der Waals surface area (Å²) in [5.41, 5.74) is 8.38. The number of carbonyl (C=O) groups is 1. The third kappa shape index (κ3) is 3.41. The van der Waals surface area contributed by atoms with Gasteiger partial charge in [-0.05, 0) is 12.8 Å². The first-order valence-corrected chi connectivity index (χ1v) is 6.26. The highest BCUT2D eigenvalue weighted by Gasteiger charge is 2.29. The number of nitrogens with zero attached hydrogens (tertiary/aromatic N) is 1. The molecule has 15 heavy (non-hydrogen) atoms. The van der Waals surface area contributed by atoms with Crippen LogP contribution in [0.3, 0.4) is 0 Å². The van der Waals surface area contributed by atoms with Gasteiger partial charge in [0.05, 0.1) is 0 Å². The predicted molar refractivity (Wildman–Crippen MR) is 65.1 cm³/mol. The number of nitrogens with two attached hydrogens (primary N) is 1. The van der Waals surface area contributed by atoms with Crippen LogP contribution >= 0.6 is 11.8 Å². The van der Waals surface area contributed by atoms with Crippen LogP contribution < -0.4 is 11.2 Å². The smallest absolute Gasteiger partial charge is 0.332 e. The summed E-state index contributed by atoms with van der Waals surface area (Å²) in [6.45, 7) is 6.54. The van der Waals surface area contributed by atoms with Crippen LogP contribution in [-0.2, 0) is 0 Å². The molecule has 1 heterocycles. The fourth-order valence-electron chi connectivity index (χ4n) is 1.88. The minimum Gasteiger partial charge on any atom is -0.350 e. The molecular formula is C10H19N3OS. The Bertz CT molecular complexity index is 267. The van der Waals surface area contributed by atoms with Gasteiger partial charge in [0, 0.05) is 22.1 Å². The highest BCUT2D eigenvalue weighted by atomic mass is 32.2. The van der Waals surface area contributed by atoms with E-state index >= 15 is 0 Å². The average molecular weight is 229 g/mol. The second kappa shape index (κ2) is 5.39. The monoisotopic (exact) mass is 229 g/mol. The largest absolute Gasteiger partial charge is 0.350 e. The summed E-state index contributed by atoms with van der Waals surface area (Å²) >= 11 is 2.01. The first kappa shape index (κ1) is 12.4. The summed E-state index contributed by atoms with van der Waals surface area (Å²) in [5, 5.41) is 5.26. The molecule has 0 unspecified atom stereocenters. The Morgan fingerprint density at radius 3 is 2.87 bits per heavy atom. The highest BCUT2D eigenvalue weighted by molar-refractivity contribution is 8.00. The van der Waals surface area contributed by atoms with Crippen molar-refractivity contribution >= 4 is 23.5 Å². The van der Waals surface area contributed by atoms with Crippen molar-refractivity contribution in [1.29, 1.82) is 0 Å². The first-order chi connectivity index (χ1) is 7.04. The zero-order chi connectivity index (χ0) is 11.4. The van der Waals surface area contributed by atoms with E-state index in [0.717, 1.165) is 18.6 Å². The quantitative estimate of drug-likeness (QED) is 0.711. The normalized spacial score (nSPS) is 34.1. The van der Waals surface area contributed by atoms with Gasteiger partial charge in [0.1, 0.15) is 0 Å². The number of primary amides is 1. The van der Waals surface area contributed by atoms with Crippen molar-refractivity contribution < 1.29 is 4.79 Å². The van der Waals surface area contributed by atoms with Gasteiger partial charge in [-0.15, -0.1) is 0 Å². The Hall–Kier alpha value is -0.710. The van der Waals surface area contributed by atoms with Gasteiger partial charge in [0.2, 0.25) is 0 Å². The van der Waals surface area contributed by atoms with Gasteiger partial charge >= 0.3 is 6.03 Å². The van der Waals surface area contributed by atoms with E-state index in [4.69, 9.17) is 5.73 Å². The van der Waals surface area contributed by atoms with Crippen molar-refractivity contribution in [3.63, 3.8) is 0 Å². The van der Waals surface area contributed by atoms with E-state index in [0.29, 0.717) is 16.4 Å². The van der Waals surface area contributed by atoms with Gasteiger partial charge in [-0.2, -0.15) is 16.9 Å². The number of thioether (sulfide) groups is 1. The molecular weight excluding hydrogens is 210 g/mol. The van der Waals surface area contributed by atoms with E-state index in [9.17, 15) is 4.79 Å². The van der Waals surface area contributed by atoms with Crippen molar-refractivity contribution in [2.75, 3.05) is 0 Å². The molecule has 0 radical (unpaired) electrons. The summed E-state index contributed by atoms with van der Waals surface area (Å²) in [4.78, 5) is 10.6. The third-order valence-corrected chi connectivity index (χ3v) is 4.42. The number of amides is 2. The van der Waals surface area contributed by atoms with Crippen LogP contribution in [0.4, 0.5) is 4.79 Å². The van der Waals surface area contributed by atoms with Gasteiger partial charge in [0.15, 0.2) is 0 Å². The second-order valence-corrected chi connectivity index (χ2v) is 5.65. The lowest BCUT2D eigenvalue weighted by molar-refractivity contribution is 0.249. The number of nitrogens with one attached hydrogen (secondary N) is 1. The number of rotatable bonds is 2. The minimum absolute atomic E-state index is 0.419. The van der Waals surface area contributed by atoms with E-state index in [2.05, 4.69) is 31.3 Å². The second-order valence-electron chi connectivity index (χ2n) is 3.97. The maximum Gasteiger partial charge on any atom is 0.332 e. The van der Waals surface area contributed by atoms with E-state index in [-0.39, 0.29) is 0 Å². The number of hydrogen-bond acceptors (Lipinski definition) is 3. The van der Waals surface area contributed by atoms with Crippen LogP contribution in [0.1, 0.15) is 33.6 Å². The summed E-state index contributed by atoms with van der Waals surface area (Å²) in [7, 11) is 0. The molecule has 0 spiro atoms. The molecule has 0 aromatic rings. The molecule has 3 N–H and O–H groups in total. The molecule has 0 saturated carbocycles. The minimum atomic E-state index is -0.589. The molecule has 1 aliphatic rings. The fraction of sp³-hybridized carbons (Fsp3) is 0.800. The summed E-state index contributed by atoms with van der Waals surface area (Å²) in [6.07, 6.45) is 2.06. The van der Waals surface area contributed by atoms with Crippen LogP contribution in [0.15, 0.2) is 5.10 Å². The highest BCUT2D eigenvalue weighted by Crippen LogP contribution is 2.35. The molecule has 3 atom stereocenters. The van der Waals surface area contributed by atoms with Gasteiger partial charge in [0.25, 0.3) is 0 Å². The number of hydrogen-bond donors (Lipinski definition) is 2. The Kier molecular flexibility index (Phi) is 4.45. The van der Waals surface area contributed by atoms with Crippen molar-refractivity contribution in [3.05, 3.63) is 0 Å². The molecule has 0 aromatic heterocycles. The summed E-state index contributed by atoms with van der Waals surface area (Å²) in [5.74, 6) is 0.419. The van der Waals surface area contributed by atoms with Gasteiger partial charge in [-0.25, -0.2) is 10.2 Å². The van der Waals surface area contributed by atoms with Crippen molar-refractivity contribution in [2.45, 2.75) is 44.1 Å². The maximum absolute atomic E-state index is 10.6. The van der Waals surface area contributed by atoms with E-state index in [1.807, 2.05) is 11.8 Å². The SMILES string of the molecule is CC[C@H]1S[C@@H](C)C/C(=N/NC(N)=O)[C@H]1C. The number of hydrazone groups is 1. The number of carbonyl (C=O) groups excluding carboxylic acids is 1. The molecule has 0 bridgehead atoms. The molecule has 86 valence electrons. The lowest BCUT2D eigenvalue weighted by atomic mass is 9.95. The lowest BCUT2D eigenvalue weighted by Crippen LogP contribution is -2.35. The van der Waals surface area contributed by atoms with E-state index in [1.54, 1.807) is 0 Å². The van der Waals surface area contributed by atoms with Crippen LogP contribution in [-0.4, -0.2) is 22.2 Å². The molecule has 5 heteroatoms. The zero-order valence-corrected chi connectivity index (χ0v) is 10.3. The van der Waals surface area contributed by atoms with Crippen LogP contribution in [0.2, 0.25) is 0 Å². The topological polar surface area (TPSA) is 67.5 Å². The molecule has 0 aliphatic carbocycles. The molecule has 1 rings (SSSR count). The van der Waals surface area contributed by atoms with Crippen molar-refractivity contribution in [3.8, 4) is 0 Å². The lowest BCUT2D eigenvalue weighted by Gasteiger charge is -2.32. The van der Waals surface area contributed by atoms with Crippen LogP contribution in [0.25, 0.3) is 0 Å². The fourth-order valence-corrected chi connectivity index (χ4v) is 3.33. The molecule has 1 saturated heterocycles. The average Bonchev–Trinajstić information content (AvgIpc) is 2.18. The zero-order valence-electron chi connectivity index (χ0n) is 9.49. The van der Waals surface area contributed by atoms with Crippen molar-refractivity contribution in [1.82, 2.24) is 5.43 Å². The van der Waals surface area contributed by atoms with Crippen molar-refractivity contribution in [2.24, 2.45) is 16.8 Å². The van der Waals surface area contributed by atoms with E-state index in [1.165, 1.54) is 0 Å². The third-order valence-electron chi connectivity index (χ3n) is 2.70. The maximum atomic E-state index is 10.6. The van der Waals surface area contributed by atoms with Gasteiger partial charge < -0.3 is 5.73 Å². The Morgan fingerprint density at radius 2 is 2.33 bits per heavy atom. The van der Waals surface area contributed by atoms with Gasteiger partial charge in [-0.3, -0.25) is 0 Å². The Labute approximate surface area is 95.1 Å². The molecule has 1 aliphatic heterocycles.